The van der Waals surface area contributed by atoms with E-state index in [4.69, 9.17) is 4.74 Å². The highest BCUT2D eigenvalue weighted by Crippen LogP contribution is 2.36. The lowest BCUT2D eigenvalue weighted by Gasteiger charge is -2.32. The van der Waals surface area contributed by atoms with E-state index in [1.807, 2.05) is 24.3 Å². The van der Waals surface area contributed by atoms with Crippen molar-refractivity contribution in [3.63, 3.8) is 0 Å². The Morgan fingerprint density at radius 2 is 1.72 bits per heavy atom. The van der Waals surface area contributed by atoms with E-state index >= 15 is 0 Å². The van der Waals surface area contributed by atoms with Crippen molar-refractivity contribution in [3.8, 4) is 5.75 Å². The van der Waals surface area contributed by atoms with Gasteiger partial charge in [-0.1, -0.05) is 12.1 Å². The van der Waals surface area contributed by atoms with Crippen LogP contribution >= 0.6 is 0 Å². The molecule has 0 amide bonds. The Labute approximate surface area is 107 Å². The predicted octanol–water partition coefficient (Wildman–Crippen LogP) is 2.56. The van der Waals surface area contributed by atoms with Gasteiger partial charge in [-0.25, -0.2) is 0 Å². The second-order valence-electron chi connectivity index (χ2n) is 5.41. The van der Waals surface area contributed by atoms with Gasteiger partial charge in [-0.05, 0) is 43.4 Å². The highest BCUT2D eigenvalue weighted by atomic mass is 16.5. The molecular weight excluding hydrogens is 228 g/mol. The van der Waals surface area contributed by atoms with Crippen molar-refractivity contribution in [3.05, 3.63) is 29.8 Å². The number of rotatable bonds is 3. The van der Waals surface area contributed by atoms with E-state index in [9.17, 15) is 9.90 Å². The Morgan fingerprint density at radius 1 is 1.11 bits per heavy atom. The summed E-state index contributed by atoms with van der Waals surface area (Å²) >= 11 is 0. The van der Waals surface area contributed by atoms with Gasteiger partial charge in [0.15, 0.2) is 0 Å². The fourth-order valence-corrected chi connectivity index (χ4v) is 2.45. The second-order valence-corrected chi connectivity index (χ2v) is 5.41. The molecule has 1 aromatic carbocycles. The first-order chi connectivity index (χ1) is 8.66. The first-order valence-electron chi connectivity index (χ1n) is 6.67. The minimum Gasteiger partial charge on any atom is -0.490 e. The van der Waals surface area contributed by atoms with E-state index in [1.165, 1.54) is 0 Å². The average Bonchev–Trinajstić information content (AvgIpc) is 3.18. The molecule has 0 atom stereocenters. The molecule has 18 heavy (non-hydrogen) atoms. The Bertz CT molecular complexity index is 435. The summed E-state index contributed by atoms with van der Waals surface area (Å²) in [6.07, 6.45) is 4.73. The predicted molar refractivity (Wildman–Crippen MR) is 67.5 cm³/mol. The minimum atomic E-state index is -0.827. The fraction of sp³-hybridized carbons (Fsp3) is 0.533. The van der Waals surface area contributed by atoms with E-state index in [0.29, 0.717) is 31.8 Å². The molecule has 0 unspecified atom stereocenters. The van der Waals surface area contributed by atoms with Crippen molar-refractivity contribution in [1.29, 1.82) is 0 Å². The minimum absolute atomic E-state index is 0.258. The molecule has 0 spiro atoms. The average molecular weight is 246 g/mol. The lowest BCUT2D eigenvalue weighted by molar-refractivity contribution is -0.125. The molecule has 0 bridgehead atoms. The van der Waals surface area contributed by atoms with Crippen LogP contribution in [-0.4, -0.2) is 17.0 Å². The normalized spacial score (nSPS) is 22.8. The third-order valence-electron chi connectivity index (χ3n) is 3.85. The SMILES string of the molecule is O=C1CCC(O)(c2ccc(OC3CC3)cc2)CC1. The lowest BCUT2D eigenvalue weighted by atomic mass is 9.79. The maximum absolute atomic E-state index is 11.2. The van der Waals surface area contributed by atoms with Crippen LogP contribution in [-0.2, 0) is 10.4 Å². The molecule has 96 valence electrons. The van der Waals surface area contributed by atoms with Gasteiger partial charge in [-0.15, -0.1) is 0 Å². The van der Waals surface area contributed by atoms with Crippen molar-refractivity contribution < 1.29 is 14.6 Å². The maximum Gasteiger partial charge on any atom is 0.133 e. The third-order valence-corrected chi connectivity index (χ3v) is 3.85. The van der Waals surface area contributed by atoms with Crippen LogP contribution < -0.4 is 4.74 Å². The molecule has 2 aliphatic rings. The highest BCUT2D eigenvalue weighted by molar-refractivity contribution is 5.79. The number of Topliss-reactive ketones (excluding diaryl/α,β-unsaturated/α-hetero) is 1. The summed E-state index contributed by atoms with van der Waals surface area (Å²) < 4.78 is 5.68. The Morgan fingerprint density at radius 3 is 2.28 bits per heavy atom. The zero-order valence-electron chi connectivity index (χ0n) is 10.4. The summed E-state index contributed by atoms with van der Waals surface area (Å²) in [5.41, 5.74) is 0.0737. The molecule has 3 rings (SSSR count). The Kier molecular flexibility index (Phi) is 2.86. The van der Waals surface area contributed by atoms with E-state index in [1.54, 1.807) is 0 Å². The third kappa shape index (κ3) is 2.41. The fourth-order valence-electron chi connectivity index (χ4n) is 2.45. The van der Waals surface area contributed by atoms with Gasteiger partial charge in [-0.2, -0.15) is 0 Å². The van der Waals surface area contributed by atoms with Gasteiger partial charge >= 0.3 is 0 Å². The van der Waals surface area contributed by atoms with Crippen molar-refractivity contribution in [2.75, 3.05) is 0 Å². The van der Waals surface area contributed by atoms with E-state index in [2.05, 4.69) is 0 Å². The molecule has 0 aliphatic heterocycles. The van der Waals surface area contributed by atoms with Gasteiger partial charge in [0, 0.05) is 12.8 Å². The quantitative estimate of drug-likeness (QED) is 0.891. The molecule has 2 aliphatic carbocycles. The molecule has 0 heterocycles. The summed E-state index contributed by atoms with van der Waals surface area (Å²) in [7, 11) is 0. The molecule has 0 radical (unpaired) electrons. The Balaban J connectivity index is 1.72. The number of aliphatic hydroxyl groups is 1. The zero-order chi connectivity index (χ0) is 12.6. The van der Waals surface area contributed by atoms with Gasteiger partial charge in [0.25, 0.3) is 0 Å². The number of ether oxygens (including phenoxy) is 1. The topological polar surface area (TPSA) is 46.5 Å². The molecule has 2 fully saturated rings. The Hall–Kier alpha value is -1.35. The van der Waals surface area contributed by atoms with Crippen LogP contribution in [0, 0.1) is 0 Å². The number of hydrogen-bond acceptors (Lipinski definition) is 3. The molecule has 0 saturated heterocycles. The van der Waals surface area contributed by atoms with Gasteiger partial charge in [-0.3, -0.25) is 4.79 Å². The monoisotopic (exact) mass is 246 g/mol. The van der Waals surface area contributed by atoms with Crippen LogP contribution in [0.3, 0.4) is 0 Å². The number of benzene rings is 1. The zero-order valence-corrected chi connectivity index (χ0v) is 10.4. The number of carbonyl (C=O) groups excluding carboxylic acids is 1. The number of ketones is 1. The van der Waals surface area contributed by atoms with Gasteiger partial charge in [0.2, 0.25) is 0 Å². The summed E-state index contributed by atoms with van der Waals surface area (Å²) in [5, 5.41) is 10.6. The first kappa shape index (κ1) is 11.7. The van der Waals surface area contributed by atoms with Crippen LogP contribution in [0.5, 0.6) is 5.75 Å². The number of hydrogen-bond donors (Lipinski definition) is 1. The number of carbonyl (C=O) groups is 1. The van der Waals surface area contributed by atoms with Gasteiger partial charge < -0.3 is 9.84 Å². The van der Waals surface area contributed by atoms with Gasteiger partial charge in [0.05, 0.1) is 11.7 Å². The van der Waals surface area contributed by atoms with Crippen molar-refractivity contribution in [2.45, 2.75) is 50.2 Å². The molecule has 0 aromatic heterocycles. The van der Waals surface area contributed by atoms with Crippen LogP contribution in [0.2, 0.25) is 0 Å². The van der Waals surface area contributed by atoms with Gasteiger partial charge in [0.1, 0.15) is 11.5 Å². The van der Waals surface area contributed by atoms with E-state index < -0.39 is 5.60 Å². The highest BCUT2D eigenvalue weighted by Gasteiger charge is 2.34. The summed E-state index contributed by atoms with van der Waals surface area (Å²) in [4.78, 5) is 11.2. The van der Waals surface area contributed by atoms with Crippen LogP contribution in [0.15, 0.2) is 24.3 Å². The molecule has 1 aromatic rings. The second kappa shape index (κ2) is 4.39. The lowest BCUT2D eigenvalue weighted by Crippen LogP contribution is -2.31. The first-order valence-corrected chi connectivity index (χ1v) is 6.67. The maximum atomic E-state index is 11.2. The summed E-state index contributed by atoms with van der Waals surface area (Å²) in [6, 6.07) is 7.69. The van der Waals surface area contributed by atoms with Crippen LogP contribution in [0.4, 0.5) is 0 Å². The molecule has 1 N–H and O–H groups in total. The summed E-state index contributed by atoms with van der Waals surface area (Å²) in [5.74, 6) is 1.13. The molecular formula is C15H18O3. The van der Waals surface area contributed by atoms with E-state index in [-0.39, 0.29) is 5.78 Å². The molecule has 3 nitrogen and oxygen atoms in total. The van der Waals surface area contributed by atoms with Crippen molar-refractivity contribution in [2.24, 2.45) is 0 Å². The van der Waals surface area contributed by atoms with Crippen LogP contribution in [0.1, 0.15) is 44.1 Å². The summed E-state index contributed by atoms with van der Waals surface area (Å²) in [6.45, 7) is 0. The smallest absolute Gasteiger partial charge is 0.133 e. The molecule has 2 saturated carbocycles. The van der Waals surface area contributed by atoms with Crippen LogP contribution in [0.25, 0.3) is 0 Å². The van der Waals surface area contributed by atoms with E-state index in [0.717, 1.165) is 24.2 Å². The van der Waals surface area contributed by atoms with Crippen molar-refractivity contribution >= 4 is 5.78 Å². The van der Waals surface area contributed by atoms with Crippen molar-refractivity contribution in [1.82, 2.24) is 0 Å². The standard InChI is InChI=1S/C15H18O3/c16-12-7-9-15(17,10-8-12)11-1-3-13(4-2-11)18-14-5-6-14/h1-4,14,17H,5-10H2. The largest absolute Gasteiger partial charge is 0.490 e. The molecule has 3 heteroatoms.